The van der Waals surface area contributed by atoms with E-state index in [1.165, 1.54) is 19.2 Å². The Labute approximate surface area is 149 Å². The predicted molar refractivity (Wildman–Crippen MR) is 92.0 cm³/mol. The van der Waals surface area contributed by atoms with Crippen molar-refractivity contribution in [3.05, 3.63) is 66.3 Å². The molecule has 0 spiro atoms. The summed E-state index contributed by atoms with van der Waals surface area (Å²) in [6.07, 6.45) is 3.40. The largest absolute Gasteiger partial charge is 0.494 e. The molecule has 0 bridgehead atoms. The van der Waals surface area contributed by atoms with Gasteiger partial charge in [-0.25, -0.2) is 22.2 Å². The Balaban J connectivity index is 1.93. The lowest BCUT2D eigenvalue weighted by Gasteiger charge is -2.13. The minimum Gasteiger partial charge on any atom is -0.494 e. The van der Waals surface area contributed by atoms with E-state index >= 15 is 0 Å². The fourth-order valence-electron chi connectivity index (χ4n) is 2.37. The smallest absolute Gasteiger partial charge is 0.262 e. The summed E-state index contributed by atoms with van der Waals surface area (Å²) in [6.45, 7) is 1.84. The number of ether oxygens (including phenoxy) is 1. The molecule has 3 rings (SSSR count). The SMILES string of the molecule is COc1cc(NS(=O)(=O)c2ccc(F)c(F)c2)ccc1-n1cnc(C)c1. The van der Waals surface area contributed by atoms with Crippen molar-refractivity contribution in [1.82, 2.24) is 9.55 Å². The maximum absolute atomic E-state index is 13.3. The predicted octanol–water partition coefficient (Wildman–Crippen LogP) is 3.27. The molecule has 0 radical (unpaired) electrons. The van der Waals surface area contributed by atoms with Gasteiger partial charge in [-0.15, -0.1) is 0 Å². The molecule has 1 heterocycles. The van der Waals surface area contributed by atoms with Gasteiger partial charge < -0.3 is 9.30 Å². The zero-order valence-electron chi connectivity index (χ0n) is 13.9. The van der Waals surface area contributed by atoms with Crippen LogP contribution in [0.25, 0.3) is 5.69 Å². The van der Waals surface area contributed by atoms with E-state index in [9.17, 15) is 17.2 Å². The summed E-state index contributed by atoms with van der Waals surface area (Å²) < 4.78 is 60.4. The van der Waals surface area contributed by atoms with Crippen LogP contribution in [-0.2, 0) is 10.0 Å². The van der Waals surface area contributed by atoms with Gasteiger partial charge in [-0.3, -0.25) is 4.72 Å². The molecule has 3 aromatic rings. The molecule has 0 saturated heterocycles. The molecule has 0 amide bonds. The number of aryl methyl sites for hydroxylation is 1. The molecule has 0 aliphatic carbocycles. The minimum absolute atomic E-state index is 0.215. The molecule has 0 fully saturated rings. The van der Waals surface area contributed by atoms with E-state index in [2.05, 4.69) is 9.71 Å². The summed E-state index contributed by atoms with van der Waals surface area (Å²) in [6, 6.07) is 7.04. The van der Waals surface area contributed by atoms with Gasteiger partial charge in [0.15, 0.2) is 11.6 Å². The Hall–Kier alpha value is -2.94. The Bertz CT molecular complexity index is 1060. The van der Waals surface area contributed by atoms with E-state index in [0.717, 1.165) is 17.8 Å². The third kappa shape index (κ3) is 3.52. The Morgan fingerprint density at radius 1 is 1.12 bits per heavy atom. The standard InChI is InChI=1S/C17H15F2N3O3S/c1-11-9-22(10-20-11)16-6-3-12(7-17(16)25-2)21-26(23,24)13-4-5-14(18)15(19)8-13/h3-10,21H,1-2H3. The molecule has 136 valence electrons. The van der Waals surface area contributed by atoms with Crippen LogP contribution in [-0.4, -0.2) is 25.1 Å². The molecule has 26 heavy (non-hydrogen) atoms. The lowest BCUT2D eigenvalue weighted by molar-refractivity contribution is 0.413. The van der Waals surface area contributed by atoms with E-state index in [4.69, 9.17) is 4.74 Å². The molecule has 0 atom stereocenters. The van der Waals surface area contributed by atoms with Crippen molar-refractivity contribution in [2.75, 3.05) is 11.8 Å². The van der Waals surface area contributed by atoms with E-state index in [1.807, 2.05) is 6.92 Å². The second kappa shape index (κ2) is 6.75. The number of methoxy groups -OCH3 is 1. The highest BCUT2D eigenvalue weighted by Gasteiger charge is 2.18. The van der Waals surface area contributed by atoms with Crippen LogP contribution < -0.4 is 9.46 Å². The lowest BCUT2D eigenvalue weighted by Crippen LogP contribution is -2.13. The highest BCUT2D eigenvalue weighted by molar-refractivity contribution is 7.92. The summed E-state index contributed by atoms with van der Waals surface area (Å²) in [5, 5.41) is 0. The van der Waals surface area contributed by atoms with Gasteiger partial charge >= 0.3 is 0 Å². The van der Waals surface area contributed by atoms with Crippen molar-refractivity contribution < 1.29 is 21.9 Å². The maximum Gasteiger partial charge on any atom is 0.262 e. The number of sulfonamides is 1. The van der Waals surface area contributed by atoms with Crippen LogP contribution in [0.2, 0.25) is 0 Å². The molecule has 0 aliphatic heterocycles. The summed E-state index contributed by atoms with van der Waals surface area (Å²) in [5.74, 6) is -1.95. The van der Waals surface area contributed by atoms with Gasteiger partial charge in [0.25, 0.3) is 10.0 Å². The molecule has 9 heteroatoms. The summed E-state index contributed by atoms with van der Waals surface area (Å²) in [5.41, 5.74) is 1.70. The lowest BCUT2D eigenvalue weighted by atomic mass is 10.2. The number of nitrogens with one attached hydrogen (secondary N) is 1. The van der Waals surface area contributed by atoms with Crippen LogP contribution in [0.4, 0.5) is 14.5 Å². The maximum atomic E-state index is 13.3. The number of nitrogens with zero attached hydrogens (tertiary/aromatic N) is 2. The van der Waals surface area contributed by atoms with Crippen molar-refractivity contribution in [3.63, 3.8) is 0 Å². The molecule has 1 N–H and O–H groups in total. The van der Waals surface area contributed by atoms with E-state index < -0.39 is 21.7 Å². The second-order valence-corrected chi connectivity index (χ2v) is 7.17. The van der Waals surface area contributed by atoms with Crippen LogP contribution in [0.3, 0.4) is 0 Å². The average Bonchev–Trinajstić information content (AvgIpc) is 3.03. The first-order valence-corrected chi connectivity index (χ1v) is 8.95. The highest BCUT2D eigenvalue weighted by atomic mass is 32.2. The summed E-state index contributed by atoms with van der Waals surface area (Å²) in [7, 11) is -2.63. The van der Waals surface area contributed by atoms with Crippen LogP contribution in [0.5, 0.6) is 5.75 Å². The molecular weight excluding hydrogens is 364 g/mol. The van der Waals surface area contributed by atoms with E-state index in [1.54, 1.807) is 23.2 Å². The Morgan fingerprint density at radius 2 is 1.88 bits per heavy atom. The molecule has 0 unspecified atom stereocenters. The first kappa shape index (κ1) is 17.9. The quantitative estimate of drug-likeness (QED) is 0.738. The van der Waals surface area contributed by atoms with Crippen molar-refractivity contribution in [3.8, 4) is 11.4 Å². The van der Waals surface area contributed by atoms with Gasteiger partial charge in [0.2, 0.25) is 0 Å². The monoisotopic (exact) mass is 379 g/mol. The van der Waals surface area contributed by atoms with Gasteiger partial charge in [0.05, 0.1) is 35.4 Å². The normalized spacial score (nSPS) is 11.4. The molecule has 0 saturated carbocycles. The van der Waals surface area contributed by atoms with Crippen LogP contribution in [0.15, 0.2) is 53.8 Å². The van der Waals surface area contributed by atoms with Gasteiger partial charge in [-0.1, -0.05) is 0 Å². The second-order valence-electron chi connectivity index (χ2n) is 5.49. The van der Waals surface area contributed by atoms with Crippen LogP contribution in [0.1, 0.15) is 5.69 Å². The number of benzene rings is 2. The van der Waals surface area contributed by atoms with Gasteiger partial charge in [0, 0.05) is 12.3 Å². The van der Waals surface area contributed by atoms with Crippen LogP contribution in [0, 0.1) is 18.6 Å². The van der Waals surface area contributed by atoms with Crippen LogP contribution >= 0.6 is 0 Å². The number of rotatable bonds is 5. The number of imidazole rings is 1. The first-order valence-electron chi connectivity index (χ1n) is 7.47. The third-order valence-corrected chi connectivity index (χ3v) is 5.00. The van der Waals surface area contributed by atoms with Crippen molar-refractivity contribution >= 4 is 15.7 Å². The fourth-order valence-corrected chi connectivity index (χ4v) is 3.43. The molecule has 2 aromatic carbocycles. The Kier molecular flexibility index (Phi) is 4.64. The van der Waals surface area contributed by atoms with Gasteiger partial charge in [-0.2, -0.15) is 0 Å². The zero-order chi connectivity index (χ0) is 18.9. The minimum atomic E-state index is -4.08. The average molecular weight is 379 g/mol. The molecular formula is C17H15F2N3O3S. The number of hydrogen-bond donors (Lipinski definition) is 1. The summed E-state index contributed by atoms with van der Waals surface area (Å²) in [4.78, 5) is 3.75. The zero-order valence-corrected chi connectivity index (χ0v) is 14.7. The van der Waals surface area contributed by atoms with Crippen molar-refractivity contribution in [2.24, 2.45) is 0 Å². The van der Waals surface area contributed by atoms with Crippen molar-refractivity contribution in [1.29, 1.82) is 0 Å². The van der Waals surface area contributed by atoms with Crippen molar-refractivity contribution in [2.45, 2.75) is 11.8 Å². The molecule has 0 aliphatic rings. The third-order valence-electron chi connectivity index (χ3n) is 3.62. The Morgan fingerprint density at radius 3 is 2.50 bits per heavy atom. The van der Waals surface area contributed by atoms with E-state index in [0.29, 0.717) is 17.5 Å². The molecule has 6 nitrogen and oxygen atoms in total. The topological polar surface area (TPSA) is 73.2 Å². The fraction of sp³-hybridized carbons (Fsp3) is 0.118. The number of anilines is 1. The number of hydrogen-bond acceptors (Lipinski definition) is 4. The highest BCUT2D eigenvalue weighted by Crippen LogP contribution is 2.28. The number of halogens is 2. The van der Waals surface area contributed by atoms with Gasteiger partial charge in [0.1, 0.15) is 5.75 Å². The summed E-state index contributed by atoms with van der Waals surface area (Å²) >= 11 is 0. The van der Waals surface area contributed by atoms with E-state index in [-0.39, 0.29) is 10.6 Å². The molecule has 1 aromatic heterocycles. The van der Waals surface area contributed by atoms with Gasteiger partial charge in [-0.05, 0) is 37.3 Å². The first-order chi connectivity index (χ1) is 12.3. The number of aromatic nitrogens is 2.